The maximum Gasteiger partial charge on any atom is 0.339 e. The summed E-state index contributed by atoms with van der Waals surface area (Å²) in [7, 11) is 1.78. The van der Waals surface area contributed by atoms with Crippen molar-refractivity contribution in [3.63, 3.8) is 0 Å². The van der Waals surface area contributed by atoms with E-state index in [9.17, 15) is 9.59 Å². The highest BCUT2D eigenvalue weighted by atomic mass is 16.4. The Bertz CT molecular complexity index is 480. The number of likely N-dealkylation sites (N-methyl/N-ethyl adjacent to an activating group) is 1. The van der Waals surface area contributed by atoms with Crippen molar-refractivity contribution in [1.82, 2.24) is 10.2 Å². The summed E-state index contributed by atoms with van der Waals surface area (Å²) in [5, 5.41) is 11.8. The normalized spacial score (nSPS) is 11.1. The molecule has 0 bridgehead atoms. The van der Waals surface area contributed by atoms with E-state index in [1.165, 1.54) is 6.07 Å². The third kappa shape index (κ3) is 5.05. The van der Waals surface area contributed by atoms with E-state index in [1.54, 1.807) is 18.9 Å². The van der Waals surface area contributed by atoms with Gasteiger partial charge in [0, 0.05) is 6.54 Å². The maximum absolute atomic E-state index is 11.7. The first-order chi connectivity index (χ1) is 9.29. The number of carboxylic acids is 1. The molecule has 0 aliphatic carbocycles. The van der Waals surface area contributed by atoms with Gasteiger partial charge < -0.3 is 14.8 Å². The van der Waals surface area contributed by atoms with Gasteiger partial charge >= 0.3 is 5.97 Å². The van der Waals surface area contributed by atoms with Crippen LogP contribution in [0.5, 0.6) is 0 Å². The SMILES string of the molecule is Cc1oc(CN(C)CC(=O)NCC(C)C)cc1C(=O)O. The Labute approximate surface area is 118 Å². The van der Waals surface area contributed by atoms with Crippen LogP contribution in [0.2, 0.25) is 0 Å². The molecule has 1 heterocycles. The number of nitrogens with one attached hydrogen (secondary N) is 1. The molecule has 2 N–H and O–H groups in total. The van der Waals surface area contributed by atoms with Gasteiger partial charge in [-0.3, -0.25) is 9.69 Å². The molecular formula is C14H22N2O4. The topological polar surface area (TPSA) is 82.8 Å². The Morgan fingerprint density at radius 1 is 1.45 bits per heavy atom. The molecule has 0 saturated carbocycles. The maximum atomic E-state index is 11.7. The van der Waals surface area contributed by atoms with Crippen LogP contribution >= 0.6 is 0 Å². The molecule has 0 aliphatic rings. The van der Waals surface area contributed by atoms with E-state index in [1.807, 2.05) is 13.8 Å². The number of rotatable bonds is 7. The summed E-state index contributed by atoms with van der Waals surface area (Å²) in [4.78, 5) is 24.3. The average molecular weight is 282 g/mol. The Balaban J connectivity index is 2.50. The number of aryl methyl sites for hydroxylation is 1. The molecule has 0 aliphatic heterocycles. The Hall–Kier alpha value is -1.82. The minimum absolute atomic E-state index is 0.0528. The van der Waals surface area contributed by atoms with Gasteiger partial charge in [0.25, 0.3) is 0 Å². The monoisotopic (exact) mass is 282 g/mol. The molecular weight excluding hydrogens is 260 g/mol. The summed E-state index contributed by atoms with van der Waals surface area (Å²) in [6.07, 6.45) is 0. The molecule has 1 amide bonds. The number of carbonyl (C=O) groups excluding carboxylic acids is 1. The van der Waals surface area contributed by atoms with Crippen molar-refractivity contribution in [3.05, 3.63) is 23.2 Å². The molecule has 1 aromatic rings. The van der Waals surface area contributed by atoms with E-state index >= 15 is 0 Å². The first kappa shape index (κ1) is 16.2. The lowest BCUT2D eigenvalue weighted by Gasteiger charge is -2.15. The molecule has 112 valence electrons. The zero-order chi connectivity index (χ0) is 15.3. The predicted octanol–water partition coefficient (Wildman–Crippen LogP) is 1.49. The lowest BCUT2D eigenvalue weighted by atomic mass is 10.2. The van der Waals surface area contributed by atoms with E-state index in [0.29, 0.717) is 30.5 Å². The molecule has 0 aromatic carbocycles. The molecule has 6 heteroatoms. The van der Waals surface area contributed by atoms with Crippen LogP contribution in [0.1, 0.15) is 35.7 Å². The van der Waals surface area contributed by atoms with Crippen molar-refractivity contribution >= 4 is 11.9 Å². The van der Waals surface area contributed by atoms with Crippen molar-refractivity contribution in [1.29, 1.82) is 0 Å². The molecule has 1 rings (SSSR count). The highest BCUT2D eigenvalue weighted by molar-refractivity contribution is 5.88. The predicted molar refractivity (Wildman–Crippen MR) is 74.6 cm³/mol. The summed E-state index contributed by atoms with van der Waals surface area (Å²) >= 11 is 0. The van der Waals surface area contributed by atoms with Gasteiger partial charge in [0.05, 0.1) is 13.1 Å². The third-order valence-corrected chi connectivity index (χ3v) is 2.75. The molecule has 20 heavy (non-hydrogen) atoms. The summed E-state index contributed by atoms with van der Waals surface area (Å²) in [6.45, 7) is 6.96. The first-order valence-corrected chi connectivity index (χ1v) is 6.57. The lowest BCUT2D eigenvalue weighted by molar-refractivity contribution is -0.122. The van der Waals surface area contributed by atoms with Gasteiger partial charge in [-0.05, 0) is 26.0 Å². The van der Waals surface area contributed by atoms with Crippen LogP contribution < -0.4 is 5.32 Å². The van der Waals surface area contributed by atoms with Crippen molar-refractivity contribution in [3.8, 4) is 0 Å². The van der Waals surface area contributed by atoms with Crippen LogP contribution in [-0.2, 0) is 11.3 Å². The van der Waals surface area contributed by atoms with Crippen molar-refractivity contribution < 1.29 is 19.1 Å². The highest BCUT2D eigenvalue weighted by Gasteiger charge is 2.15. The summed E-state index contributed by atoms with van der Waals surface area (Å²) in [5.74, 6) is 0.275. The fourth-order valence-electron chi connectivity index (χ4n) is 1.77. The number of carboxylic acid groups (broad SMARTS) is 1. The van der Waals surface area contributed by atoms with E-state index in [4.69, 9.17) is 9.52 Å². The van der Waals surface area contributed by atoms with E-state index in [-0.39, 0.29) is 18.0 Å². The smallest absolute Gasteiger partial charge is 0.339 e. The second-order valence-corrected chi connectivity index (χ2v) is 5.36. The van der Waals surface area contributed by atoms with Gasteiger partial charge in [-0.1, -0.05) is 13.8 Å². The molecule has 0 saturated heterocycles. The van der Waals surface area contributed by atoms with Crippen LogP contribution in [0, 0.1) is 12.8 Å². The van der Waals surface area contributed by atoms with Crippen molar-refractivity contribution in [2.75, 3.05) is 20.1 Å². The zero-order valence-corrected chi connectivity index (χ0v) is 12.4. The van der Waals surface area contributed by atoms with Gasteiger partial charge in [0.2, 0.25) is 5.91 Å². The van der Waals surface area contributed by atoms with Crippen LogP contribution in [0.3, 0.4) is 0 Å². The second-order valence-electron chi connectivity index (χ2n) is 5.36. The van der Waals surface area contributed by atoms with Gasteiger partial charge in [0.15, 0.2) is 0 Å². The van der Waals surface area contributed by atoms with Gasteiger partial charge in [-0.2, -0.15) is 0 Å². The Morgan fingerprint density at radius 3 is 2.60 bits per heavy atom. The van der Waals surface area contributed by atoms with Crippen LogP contribution in [0.25, 0.3) is 0 Å². The molecule has 0 radical (unpaired) electrons. The molecule has 0 fully saturated rings. The minimum atomic E-state index is -1.00. The first-order valence-electron chi connectivity index (χ1n) is 6.57. The van der Waals surface area contributed by atoms with Crippen LogP contribution in [0.15, 0.2) is 10.5 Å². The largest absolute Gasteiger partial charge is 0.478 e. The number of carbonyl (C=O) groups is 2. The summed E-state index contributed by atoms with van der Waals surface area (Å²) in [5.41, 5.74) is 0.164. The average Bonchev–Trinajstić information content (AvgIpc) is 2.67. The molecule has 1 aromatic heterocycles. The fraction of sp³-hybridized carbons (Fsp3) is 0.571. The van der Waals surface area contributed by atoms with Gasteiger partial charge in [0.1, 0.15) is 17.1 Å². The molecule has 0 unspecified atom stereocenters. The highest BCUT2D eigenvalue weighted by Crippen LogP contribution is 2.15. The van der Waals surface area contributed by atoms with E-state index in [2.05, 4.69) is 5.32 Å². The van der Waals surface area contributed by atoms with Gasteiger partial charge in [-0.25, -0.2) is 4.79 Å². The molecule has 0 spiro atoms. The number of furan rings is 1. The summed E-state index contributed by atoms with van der Waals surface area (Å²) < 4.78 is 5.37. The lowest BCUT2D eigenvalue weighted by Crippen LogP contribution is -2.36. The number of nitrogens with zero attached hydrogens (tertiary/aromatic N) is 1. The molecule has 0 atom stereocenters. The quantitative estimate of drug-likeness (QED) is 0.791. The standard InChI is InChI=1S/C14H22N2O4/c1-9(2)6-15-13(17)8-16(4)7-11-5-12(14(18)19)10(3)20-11/h5,9H,6-8H2,1-4H3,(H,15,17)(H,18,19). The Kier molecular flexibility index (Phi) is 5.76. The van der Waals surface area contributed by atoms with Crippen molar-refractivity contribution in [2.45, 2.75) is 27.3 Å². The number of aromatic carboxylic acids is 1. The summed E-state index contributed by atoms with van der Waals surface area (Å²) in [6, 6.07) is 1.50. The number of amides is 1. The molecule has 6 nitrogen and oxygen atoms in total. The fourth-order valence-corrected chi connectivity index (χ4v) is 1.77. The van der Waals surface area contributed by atoms with Crippen LogP contribution in [-0.4, -0.2) is 42.0 Å². The van der Waals surface area contributed by atoms with Gasteiger partial charge in [-0.15, -0.1) is 0 Å². The van der Waals surface area contributed by atoms with Crippen molar-refractivity contribution in [2.24, 2.45) is 5.92 Å². The second kappa shape index (κ2) is 7.09. The number of hydrogen-bond acceptors (Lipinski definition) is 4. The minimum Gasteiger partial charge on any atom is -0.478 e. The Morgan fingerprint density at radius 2 is 2.10 bits per heavy atom. The van der Waals surface area contributed by atoms with E-state index in [0.717, 1.165) is 0 Å². The zero-order valence-electron chi connectivity index (χ0n) is 12.4. The third-order valence-electron chi connectivity index (χ3n) is 2.75. The van der Waals surface area contributed by atoms with E-state index < -0.39 is 5.97 Å². The number of hydrogen-bond donors (Lipinski definition) is 2. The van der Waals surface area contributed by atoms with Crippen LogP contribution in [0.4, 0.5) is 0 Å².